The van der Waals surface area contributed by atoms with Crippen molar-refractivity contribution in [3.63, 3.8) is 0 Å². The molecular formula is C18H14N2OSe. The normalized spacial score (nSPS) is 19.7. The number of hydrogen-bond donors (Lipinski definition) is 1. The average molecular weight is 353 g/mol. The summed E-state index contributed by atoms with van der Waals surface area (Å²) in [7, 11) is 0. The van der Waals surface area contributed by atoms with Gasteiger partial charge in [-0.25, -0.2) is 0 Å². The number of anilines is 1. The van der Waals surface area contributed by atoms with Gasteiger partial charge in [0.15, 0.2) is 0 Å². The molecule has 108 valence electrons. The number of fused-ring (bicyclic) bond motifs is 1. The minimum atomic E-state index is -0.658. The molecule has 0 aliphatic carbocycles. The van der Waals surface area contributed by atoms with E-state index in [1.54, 1.807) is 0 Å². The first-order valence-corrected chi connectivity index (χ1v) is 8.80. The fourth-order valence-corrected chi connectivity index (χ4v) is 5.54. The molecule has 3 aromatic rings. The Bertz CT molecular complexity index is 814. The van der Waals surface area contributed by atoms with E-state index in [4.69, 9.17) is 0 Å². The maximum absolute atomic E-state index is 12.9. The fraction of sp³-hybridized carbons (Fsp3) is 0.0556. The number of hydrogen-bond acceptors (Lipinski definition) is 1. The second kappa shape index (κ2) is 5.16. The molecule has 1 N–H and O–H groups in total. The summed E-state index contributed by atoms with van der Waals surface area (Å²) >= 11 is -0.0655. The molecule has 4 rings (SSSR count). The quantitative estimate of drug-likeness (QED) is 0.720. The Morgan fingerprint density at radius 2 is 1.55 bits per heavy atom. The van der Waals surface area contributed by atoms with Crippen molar-refractivity contribution >= 4 is 31.0 Å². The molecular weight excluding hydrogens is 339 g/mol. The van der Waals surface area contributed by atoms with Gasteiger partial charge in [0.1, 0.15) is 0 Å². The van der Waals surface area contributed by atoms with Crippen LogP contribution in [0.25, 0.3) is 0 Å². The Labute approximate surface area is 135 Å². The van der Waals surface area contributed by atoms with Crippen molar-refractivity contribution in [1.82, 2.24) is 4.57 Å². The van der Waals surface area contributed by atoms with Gasteiger partial charge in [0, 0.05) is 0 Å². The van der Waals surface area contributed by atoms with E-state index in [9.17, 15) is 4.79 Å². The molecule has 0 radical (unpaired) electrons. The topological polar surface area (TPSA) is 34.0 Å². The molecule has 1 aliphatic rings. The van der Waals surface area contributed by atoms with Gasteiger partial charge in [-0.05, 0) is 0 Å². The Morgan fingerprint density at radius 3 is 2.32 bits per heavy atom. The van der Waals surface area contributed by atoms with Crippen molar-refractivity contribution in [2.75, 3.05) is 5.32 Å². The Morgan fingerprint density at radius 1 is 0.864 bits per heavy atom. The van der Waals surface area contributed by atoms with Crippen LogP contribution in [0.4, 0.5) is 5.69 Å². The van der Waals surface area contributed by atoms with Gasteiger partial charge in [0.05, 0.1) is 0 Å². The molecule has 1 atom stereocenters. The number of nitrogens with one attached hydrogen (secondary N) is 1. The van der Waals surface area contributed by atoms with Gasteiger partial charge < -0.3 is 0 Å². The number of rotatable bonds is 3. The van der Waals surface area contributed by atoms with Gasteiger partial charge in [0.2, 0.25) is 0 Å². The van der Waals surface area contributed by atoms with Crippen molar-refractivity contribution in [2.24, 2.45) is 0 Å². The Balaban J connectivity index is 1.93. The van der Waals surface area contributed by atoms with Gasteiger partial charge in [-0.1, -0.05) is 0 Å². The van der Waals surface area contributed by atoms with E-state index in [2.05, 4.69) is 23.5 Å². The van der Waals surface area contributed by atoms with Crippen molar-refractivity contribution < 1.29 is 4.79 Å². The Hall–Kier alpha value is -2.29. The van der Waals surface area contributed by atoms with E-state index in [1.165, 1.54) is 4.46 Å². The summed E-state index contributed by atoms with van der Waals surface area (Å²) in [5, 5.41) is 3.05. The van der Waals surface area contributed by atoms with Crippen LogP contribution in [-0.4, -0.2) is 25.4 Å². The number of carbonyl (C=O) groups excluding carboxylic acids is 1. The van der Waals surface area contributed by atoms with E-state index in [1.807, 2.05) is 65.5 Å². The summed E-state index contributed by atoms with van der Waals surface area (Å²) in [5.74, 6) is 0.0498. The average Bonchev–Trinajstić information content (AvgIpc) is 3.16. The molecule has 2 heterocycles. The predicted octanol–water partition coefficient (Wildman–Crippen LogP) is 2.17. The summed E-state index contributed by atoms with van der Waals surface area (Å²) in [6.45, 7) is 0. The third-order valence-corrected chi connectivity index (χ3v) is 6.80. The molecule has 0 saturated heterocycles. The van der Waals surface area contributed by atoms with Crippen molar-refractivity contribution in [2.45, 2.75) is 4.44 Å². The zero-order valence-electron chi connectivity index (χ0n) is 11.8. The summed E-state index contributed by atoms with van der Waals surface area (Å²) in [4.78, 5) is 12.9. The zero-order chi connectivity index (χ0) is 15.0. The third kappa shape index (κ3) is 1.92. The second-order valence-corrected chi connectivity index (χ2v) is 7.81. The molecule has 4 heteroatoms. The van der Waals surface area contributed by atoms with E-state index < -0.39 is 4.44 Å². The molecule has 1 amide bonds. The van der Waals surface area contributed by atoms with Crippen LogP contribution in [0.15, 0.2) is 79.1 Å². The van der Waals surface area contributed by atoms with Crippen LogP contribution in [0.5, 0.6) is 0 Å². The fourth-order valence-electron chi connectivity index (χ4n) is 2.83. The second-order valence-electron chi connectivity index (χ2n) is 5.15. The van der Waals surface area contributed by atoms with Gasteiger partial charge in [0.25, 0.3) is 0 Å². The van der Waals surface area contributed by atoms with E-state index in [0.29, 0.717) is 0 Å². The molecule has 22 heavy (non-hydrogen) atoms. The van der Waals surface area contributed by atoms with Crippen LogP contribution in [0, 0.1) is 0 Å². The van der Waals surface area contributed by atoms with E-state index in [-0.39, 0.29) is 20.9 Å². The predicted molar refractivity (Wildman–Crippen MR) is 88.4 cm³/mol. The third-order valence-electron chi connectivity index (χ3n) is 3.82. The molecule has 0 saturated carbocycles. The molecule has 0 bridgehead atoms. The summed E-state index contributed by atoms with van der Waals surface area (Å²) in [6, 6.07) is 22.2. The van der Waals surface area contributed by atoms with Gasteiger partial charge in [-0.3, -0.25) is 0 Å². The molecule has 0 spiro atoms. The van der Waals surface area contributed by atoms with Crippen LogP contribution >= 0.6 is 0 Å². The molecule has 3 nitrogen and oxygen atoms in total. The molecule has 1 unspecified atom stereocenters. The van der Waals surface area contributed by atoms with Crippen LogP contribution in [-0.2, 0) is 9.23 Å². The van der Waals surface area contributed by atoms with Gasteiger partial charge >= 0.3 is 135 Å². The number of carbonyl (C=O) groups is 1. The first-order valence-electron chi connectivity index (χ1n) is 7.09. The minimum absolute atomic E-state index is 0.0498. The number of benzene rings is 2. The van der Waals surface area contributed by atoms with Crippen LogP contribution < -0.4 is 9.78 Å². The van der Waals surface area contributed by atoms with Crippen molar-refractivity contribution in [3.05, 3.63) is 84.7 Å². The van der Waals surface area contributed by atoms with E-state index in [0.717, 1.165) is 11.3 Å². The van der Waals surface area contributed by atoms with Crippen molar-refractivity contribution in [3.8, 4) is 0 Å². The summed E-state index contributed by atoms with van der Waals surface area (Å²) < 4.78 is 2.59. The molecule has 1 aliphatic heterocycles. The Kier molecular flexibility index (Phi) is 3.14. The van der Waals surface area contributed by atoms with E-state index >= 15 is 0 Å². The number of amides is 1. The number of para-hydroxylation sites is 1. The van der Waals surface area contributed by atoms with Crippen LogP contribution in [0.2, 0.25) is 0 Å². The molecule has 2 aromatic carbocycles. The number of aromatic nitrogens is 1. The van der Waals surface area contributed by atoms with Crippen LogP contribution in [0.3, 0.4) is 0 Å². The molecule has 1 aromatic heterocycles. The monoisotopic (exact) mass is 354 g/mol. The zero-order valence-corrected chi connectivity index (χ0v) is 13.5. The first kappa shape index (κ1) is 13.4. The van der Waals surface area contributed by atoms with Gasteiger partial charge in [-0.15, -0.1) is 0 Å². The molecule has 0 fully saturated rings. The number of nitrogens with zero attached hydrogens (tertiary/aromatic N) is 1. The van der Waals surface area contributed by atoms with Gasteiger partial charge in [-0.2, -0.15) is 0 Å². The summed E-state index contributed by atoms with van der Waals surface area (Å²) in [6.07, 6.45) is 3.96. The van der Waals surface area contributed by atoms with Crippen LogP contribution in [0.1, 0.15) is 5.56 Å². The standard InChI is InChI=1S/C18H14N2OSe/c21-17-18(20-12-6-7-13-20,22-14-8-2-1-3-9-14)15-10-4-5-11-16(15)19-17/h1-13H,(H,19,21). The summed E-state index contributed by atoms with van der Waals surface area (Å²) in [5.41, 5.74) is 1.97. The SMILES string of the molecule is O=C1Nc2ccccc2C1([Se]c1ccccc1)n1cccc1. The maximum atomic E-state index is 12.9. The van der Waals surface area contributed by atoms with Crippen molar-refractivity contribution in [1.29, 1.82) is 0 Å². The first-order chi connectivity index (χ1) is 10.8.